The first kappa shape index (κ1) is 23.9. The summed E-state index contributed by atoms with van der Waals surface area (Å²) in [7, 11) is -3.81. The average molecular weight is 516 g/mol. The molecule has 13 heteroatoms. The largest absolute Gasteiger partial charge is 0.339 e. The number of sulfonamides is 1. The molecule has 0 fully saturated rings. The molecule has 0 saturated heterocycles. The van der Waals surface area contributed by atoms with E-state index in [1.165, 1.54) is 30.3 Å². The van der Waals surface area contributed by atoms with Crippen molar-refractivity contribution in [2.75, 3.05) is 5.32 Å². The summed E-state index contributed by atoms with van der Waals surface area (Å²) in [6.07, 6.45) is -1.19. The molecule has 2 aromatic carbocycles. The molecule has 7 nitrogen and oxygen atoms in total. The van der Waals surface area contributed by atoms with E-state index in [1.807, 2.05) is 0 Å². The quantitative estimate of drug-likeness (QED) is 0.276. The lowest BCUT2D eigenvalue weighted by atomic mass is 10.2. The summed E-state index contributed by atoms with van der Waals surface area (Å²) in [6, 6.07) is 11.7. The minimum Gasteiger partial charge on any atom is -0.339 e. The third kappa shape index (κ3) is 7.45. The predicted octanol–water partition coefficient (Wildman–Crippen LogP) is 3.40. The van der Waals surface area contributed by atoms with Crippen molar-refractivity contribution in [1.82, 2.24) is 10.6 Å². The molecule has 0 spiro atoms. The molecule has 0 saturated carbocycles. The number of primary sulfonamides is 1. The van der Waals surface area contributed by atoms with Gasteiger partial charge in [-0.1, -0.05) is 52.5 Å². The highest BCUT2D eigenvalue weighted by molar-refractivity contribution is 7.89. The predicted molar refractivity (Wildman–Crippen MR) is 120 cm³/mol. The Hall–Kier alpha value is -1.33. The summed E-state index contributed by atoms with van der Waals surface area (Å²) in [6.45, 7) is 0. The van der Waals surface area contributed by atoms with Crippen molar-refractivity contribution in [2.45, 2.75) is 14.9 Å². The van der Waals surface area contributed by atoms with Crippen molar-refractivity contribution in [3.05, 3.63) is 59.1 Å². The van der Waals surface area contributed by atoms with Crippen LogP contribution in [-0.2, 0) is 10.0 Å². The SMILES string of the molecule is NS(=O)(=O)c1ccc(NC(=S)N[C@H](NC(=O)c2cccc(Cl)c2)C(Cl)(Cl)Cl)cc1. The number of carbonyl (C=O) groups is 1. The Kier molecular flexibility index (Phi) is 7.97. The second-order valence-corrected chi connectivity index (χ2v) is 10.4. The number of rotatable bonds is 5. The summed E-state index contributed by atoms with van der Waals surface area (Å²) in [5, 5.41) is 13.4. The molecule has 29 heavy (non-hydrogen) atoms. The highest BCUT2D eigenvalue weighted by atomic mass is 35.6. The molecule has 2 aromatic rings. The average Bonchev–Trinajstić information content (AvgIpc) is 2.60. The summed E-state index contributed by atoms with van der Waals surface area (Å²) < 4.78 is 20.6. The molecule has 0 aliphatic heterocycles. The number of hydrogen-bond acceptors (Lipinski definition) is 4. The number of hydrogen-bond donors (Lipinski definition) is 4. The lowest BCUT2D eigenvalue weighted by molar-refractivity contribution is 0.0934. The van der Waals surface area contributed by atoms with Gasteiger partial charge in [0.25, 0.3) is 5.91 Å². The van der Waals surface area contributed by atoms with Crippen molar-refractivity contribution in [1.29, 1.82) is 0 Å². The van der Waals surface area contributed by atoms with Crippen LogP contribution in [-0.4, -0.2) is 29.4 Å². The van der Waals surface area contributed by atoms with Gasteiger partial charge in [0.2, 0.25) is 13.8 Å². The molecule has 0 bridgehead atoms. The number of benzene rings is 2. The molecule has 1 atom stereocenters. The van der Waals surface area contributed by atoms with Crippen LogP contribution < -0.4 is 21.1 Å². The van der Waals surface area contributed by atoms with Crippen LogP contribution in [0.1, 0.15) is 10.4 Å². The van der Waals surface area contributed by atoms with Crippen molar-refractivity contribution in [3.8, 4) is 0 Å². The summed E-state index contributed by atoms with van der Waals surface area (Å²) in [5.74, 6) is -0.545. The Morgan fingerprint density at radius 3 is 2.21 bits per heavy atom. The summed E-state index contributed by atoms with van der Waals surface area (Å²) in [4.78, 5) is 12.3. The fraction of sp³-hybridized carbons (Fsp3) is 0.125. The van der Waals surface area contributed by atoms with Gasteiger partial charge < -0.3 is 16.0 Å². The van der Waals surface area contributed by atoms with Crippen LogP contribution in [0, 0.1) is 0 Å². The number of halogens is 4. The number of anilines is 1. The van der Waals surface area contributed by atoms with Crippen LogP contribution in [0.5, 0.6) is 0 Å². The summed E-state index contributed by atoms with van der Waals surface area (Å²) in [5.41, 5.74) is 0.704. The first-order valence-corrected chi connectivity index (χ1v) is 11.2. The zero-order chi connectivity index (χ0) is 21.8. The lowest BCUT2D eigenvalue weighted by Crippen LogP contribution is -2.56. The molecule has 2 rings (SSSR count). The van der Waals surface area contributed by atoms with Crippen molar-refractivity contribution in [2.24, 2.45) is 5.14 Å². The van der Waals surface area contributed by atoms with Crippen LogP contribution in [0.15, 0.2) is 53.4 Å². The maximum atomic E-state index is 12.4. The van der Waals surface area contributed by atoms with Gasteiger partial charge in [-0.15, -0.1) is 0 Å². The number of amides is 1. The van der Waals surface area contributed by atoms with E-state index in [2.05, 4.69) is 16.0 Å². The molecular weight excluding hydrogens is 502 g/mol. The second kappa shape index (κ2) is 9.65. The van der Waals surface area contributed by atoms with Gasteiger partial charge in [0.1, 0.15) is 6.17 Å². The van der Waals surface area contributed by atoms with Crippen LogP contribution >= 0.6 is 58.6 Å². The minimum absolute atomic E-state index is 0.0103. The second-order valence-electron chi connectivity index (χ2n) is 5.63. The molecule has 0 heterocycles. The van der Waals surface area contributed by atoms with Crippen LogP contribution in [0.2, 0.25) is 5.02 Å². The lowest BCUT2D eigenvalue weighted by Gasteiger charge is -2.27. The smallest absolute Gasteiger partial charge is 0.253 e. The van der Waals surface area contributed by atoms with E-state index in [0.717, 1.165) is 0 Å². The van der Waals surface area contributed by atoms with E-state index in [-0.39, 0.29) is 15.6 Å². The Morgan fingerprint density at radius 2 is 1.69 bits per heavy atom. The monoisotopic (exact) mass is 514 g/mol. The third-order valence-electron chi connectivity index (χ3n) is 3.41. The molecule has 156 valence electrons. The number of carbonyl (C=O) groups excluding carboxylic acids is 1. The summed E-state index contributed by atoms with van der Waals surface area (Å²) >= 11 is 28.9. The highest BCUT2D eigenvalue weighted by Crippen LogP contribution is 2.29. The Bertz CT molecular complexity index is 1010. The molecule has 0 aliphatic carbocycles. The maximum Gasteiger partial charge on any atom is 0.253 e. The molecular formula is C16H14Cl4N4O3S2. The number of nitrogens with one attached hydrogen (secondary N) is 3. The van der Waals surface area contributed by atoms with Gasteiger partial charge in [-0.2, -0.15) is 0 Å². The van der Waals surface area contributed by atoms with Crippen molar-refractivity contribution in [3.63, 3.8) is 0 Å². The van der Waals surface area contributed by atoms with E-state index in [9.17, 15) is 13.2 Å². The standard InChI is InChI=1S/C16H14Cl4N4O3S2/c17-10-3-1-2-9(8-10)13(25)23-14(16(18,19)20)24-15(28)22-11-4-6-12(7-5-11)29(21,26)27/h1-8,14H,(H,23,25)(H2,21,26,27)(H2,22,24,28)/t14-/m0/s1. The van der Waals surface area contributed by atoms with Crippen molar-refractivity contribution < 1.29 is 13.2 Å². The van der Waals surface area contributed by atoms with Gasteiger partial charge in [-0.3, -0.25) is 4.79 Å². The number of thiocarbonyl (C=S) groups is 1. The Labute approximate surface area is 192 Å². The van der Waals surface area contributed by atoms with Gasteiger partial charge >= 0.3 is 0 Å². The van der Waals surface area contributed by atoms with E-state index in [0.29, 0.717) is 10.7 Å². The normalized spacial score (nSPS) is 12.7. The topological polar surface area (TPSA) is 113 Å². The highest BCUT2D eigenvalue weighted by Gasteiger charge is 2.35. The molecule has 1 amide bonds. The molecule has 5 N–H and O–H groups in total. The zero-order valence-electron chi connectivity index (χ0n) is 14.3. The van der Waals surface area contributed by atoms with E-state index in [4.69, 9.17) is 63.8 Å². The van der Waals surface area contributed by atoms with Gasteiger partial charge in [0, 0.05) is 16.3 Å². The van der Waals surface area contributed by atoms with Crippen molar-refractivity contribution >= 4 is 85.4 Å². The van der Waals surface area contributed by atoms with Gasteiger partial charge in [0.05, 0.1) is 4.90 Å². The van der Waals surface area contributed by atoms with E-state index in [1.54, 1.807) is 18.2 Å². The van der Waals surface area contributed by atoms with Gasteiger partial charge in [0.15, 0.2) is 5.11 Å². The zero-order valence-corrected chi connectivity index (χ0v) is 19.0. The fourth-order valence-corrected chi connectivity index (χ4v) is 3.34. The van der Waals surface area contributed by atoms with Crippen LogP contribution in [0.25, 0.3) is 0 Å². The molecule has 0 aliphatic rings. The molecule has 0 aromatic heterocycles. The van der Waals surface area contributed by atoms with Gasteiger partial charge in [-0.05, 0) is 54.7 Å². The maximum absolute atomic E-state index is 12.4. The number of nitrogens with two attached hydrogens (primary N) is 1. The Morgan fingerprint density at radius 1 is 1.07 bits per heavy atom. The first-order chi connectivity index (χ1) is 13.4. The first-order valence-electron chi connectivity index (χ1n) is 7.70. The van der Waals surface area contributed by atoms with Crippen LogP contribution in [0.4, 0.5) is 5.69 Å². The molecule has 0 radical (unpaired) electrons. The fourth-order valence-electron chi connectivity index (χ4n) is 2.07. The van der Waals surface area contributed by atoms with Crippen LogP contribution in [0.3, 0.4) is 0 Å². The Balaban J connectivity index is 2.08. The molecule has 0 unspecified atom stereocenters. The van der Waals surface area contributed by atoms with E-state index >= 15 is 0 Å². The minimum atomic E-state index is -3.81. The van der Waals surface area contributed by atoms with Gasteiger partial charge in [-0.25, -0.2) is 13.6 Å². The van der Waals surface area contributed by atoms with E-state index < -0.39 is 25.9 Å². The number of alkyl halides is 3. The third-order valence-corrected chi connectivity index (χ3v) is 5.44.